The summed E-state index contributed by atoms with van der Waals surface area (Å²) in [7, 11) is 0. The minimum absolute atomic E-state index is 0.00844. The second kappa shape index (κ2) is 10.4. The summed E-state index contributed by atoms with van der Waals surface area (Å²) in [5.74, 6) is -3.62. The number of nitrogens with zero attached hydrogens (tertiary/aromatic N) is 1. The number of aromatic nitrogens is 2. The molecule has 2 heterocycles. The van der Waals surface area contributed by atoms with E-state index < -0.39 is 47.5 Å². The Bertz CT molecular complexity index is 1070. The number of para-hydroxylation sites is 2. The van der Waals surface area contributed by atoms with Crippen LogP contribution >= 0.6 is 0 Å². The number of fused-ring (bicyclic) bond motifs is 1. The molecule has 1 fully saturated rings. The van der Waals surface area contributed by atoms with Crippen molar-refractivity contribution in [3.05, 3.63) is 30.1 Å². The van der Waals surface area contributed by atoms with Crippen molar-refractivity contribution >= 4 is 40.4 Å². The molecule has 1 saturated heterocycles. The molecule has 0 bridgehead atoms. The molecule has 182 valence electrons. The van der Waals surface area contributed by atoms with Crippen LogP contribution in [0, 0.1) is 5.92 Å². The van der Waals surface area contributed by atoms with Gasteiger partial charge in [0.1, 0.15) is 0 Å². The van der Waals surface area contributed by atoms with E-state index in [0.29, 0.717) is 24.0 Å². The molecule has 1 aliphatic heterocycles. The number of carbonyl (C=O) groups excluding carboxylic acids is 5. The van der Waals surface area contributed by atoms with E-state index in [9.17, 15) is 24.0 Å². The van der Waals surface area contributed by atoms with Crippen LogP contribution in [0.1, 0.15) is 50.7 Å². The smallest absolute Gasteiger partial charge is 0.290 e. The monoisotopic (exact) mass is 470 g/mol. The molecule has 11 heteroatoms. The number of amides is 4. The number of H-pyrrole nitrogens is 1. The van der Waals surface area contributed by atoms with Crippen molar-refractivity contribution in [1.29, 1.82) is 0 Å². The Kier molecular flexibility index (Phi) is 7.64. The Labute approximate surface area is 196 Å². The van der Waals surface area contributed by atoms with Gasteiger partial charge in [-0.2, -0.15) is 0 Å². The van der Waals surface area contributed by atoms with Gasteiger partial charge in [0, 0.05) is 18.0 Å². The standard InChI is InChI=1S/C23H30N6O5/c1-23(2,3)29-21(33)18(31)16(11-13-7-6-10-24-20(13)32)26-17(30)12-25-22(34)19-27-14-8-4-5-9-15(14)28-19/h4-5,8-9,13,16H,6-7,10-12H2,1-3H3,(H,24,32)(H,25,34)(H,26,30)(H,27,28)(H,29,33). The number of benzene rings is 1. The van der Waals surface area contributed by atoms with Gasteiger partial charge in [-0.1, -0.05) is 12.1 Å². The van der Waals surface area contributed by atoms with Crippen molar-refractivity contribution in [2.75, 3.05) is 13.1 Å². The second-order valence-corrected chi connectivity index (χ2v) is 9.34. The SMILES string of the molecule is CC(C)(C)NC(=O)C(=O)C(CC1CCCNC1=O)NC(=O)CNC(=O)c1nc2ccccc2[nH]1. The fourth-order valence-electron chi connectivity index (χ4n) is 3.69. The topological polar surface area (TPSA) is 162 Å². The van der Waals surface area contributed by atoms with Gasteiger partial charge in [0.25, 0.3) is 11.8 Å². The molecule has 1 aliphatic rings. The lowest BCUT2D eigenvalue weighted by atomic mass is 9.89. The van der Waals surface area contributed by atoms with Crippen molar-refractivity contribution in [1.82, 2.24) is 31.2 Å². The summed E-state index contributed by atoms with van der Waals surface area (Å²) < 4.78 is 0. The minimum atomic E-state index is -1.20. The molecule has 5 N–H and O–H groups in total. The third-order valence-corrected chi connectivity index (χ3v) is 5.30. The highest BCUT2D eigenvalue weighted by Gasteiger charge is 2.34. The molecule has 0 aliphatic carbocycles. The average Bonchev–Trinajstić information content (AvgIpc) is 3.21. The third-order valence-electron chi connectivity index (χ3n) is 5.30. The van der Waals surface area contributed by atoms with E-state index >= 15 is 0 Å². The second-order valence-electron chi connectivity index (χ2n) is 9.34. The van der Waals surface area contributed by atoms with Gasteiger partial charge in [-0.15, -0.1) is 0 Å². The van der Waals surface area contributed by atoms with Gasteiger partial charge in [-0.3, -0.25) is 24.0 Å². The van der Waals surface area contributed by atoms with Crippen LogP contribution in [-0.4, -0.2) is 64.1 Å². The molecule has 4 amide bonds. The molecule has 0 spiro atoms. The van der Waals surface area contributed by atoms with Gasteiger partial charge >= 0.3 is 0 Å². The van der Waals surface area contributed by atoms with Crippen molar-refractivity contribution in [3.8, 4) is 0 Å². The van der Waals surface area contributed by atoms with Gasteiger partial charge in [-0.05, 0) is 52.2 Å². The number of imidazole rings is 1. The number of ketones is 1. The van der Waals surface area contributed by atoms with E-state index in [2.05, 4.69) is 31.2 Å². The first-order valence-electron chi connectivity index (χ1n) is 11.2. The molecule has 0 saturated carbocycles. The normalized spacial score (nSPS) is 16.9. The van der Waals surface area contributed by atoms with Crippen LogP contribution < -0.4 is 21.3 Å². The summed E-state index contributed by atoms with van der Waals surface area (Å²) in [5.41, 5.74) is 0.640. The van der Waals surface area contributed by atoms with Crippen LogP contribution in [0.4, 0.5) is 0 Å². The van der Waals surface area contributed by atoms with Crippen LogP contribution in [0.5, 0.6) is 0 Å². The minimum Gasteiger partial charge on any atom is -0.356 e. The maximum Gasteiger partial charge on any atom is 0.290 e. The van der Waals surface area contributed by atoms with Gasteiger partial charge in [0.2, 0.25) is 17.6 Å². The molecule has 2 aromatic rings. The lowest BCUT2D eigenvalue weighted by Crippen LogP contribution is -2.54. The lowest BCUT2D eigenvalue weighted by Gasteiger charge is -2.27. The zero-order valence-corrected chi connectivity index (χ0v) is 19.5. The number of carbonyl (C=O) groups is 5. The first-order valence-corrected chi connectivity index (χ1v) is 11.2. The summed E-state index contributed by atoms with van der Waals surface area (Å²) in [6.45, 7) is 5.31. The molecule has 1 aromatic heterocycles. The van der Waals surface area contributed by atoms with E-state index in [4.69, 9.17) is 0 Å². The van der Waals surface area contributed by atoms with Gasteiger partial charge in [0.05, 0.1) is 23.6 Å². The molecule has 11 nitrogen and oxygen atoms in total. The molecule has 2 unspecified atom stereocenters. The van der Waals surface area contributed by atoms with Crippen molar-refractivity contribution < 1.29 is 24.0 Å². The molecular weight excluding hydrogens is 440 g/mol. The molecule has 1 aromatic carbocycles. The molecule has 2 atom stereocenters. The fourth-order valence-corrected chi connectivity index (χ4v) is 3.69. The van der Waals surface area contributed by atoms with Crippen LogP contribution in [0.25, 0.3) is 11.0 Å². The van der Waals surface area contributed by atoms with Crippen LogP contribution in [0.2, 0.25) is 0 Å². The number of nitrogens with one attached hydrogen (secondary N) is 5. The number of Topliss-reactive ketones (excluding diaryl/α,β-unsaturated/α-hetero) is 1. The summed E-state index contributed by atoms with van der Waals surface area (Å²) in [6, 6.07) is 5.90. The molecule has 3 rings (SSSR count). The molecular formula is C23H30N6O5. The van der Waals surface area contributed by atoms with Crippen LogP contribution in [-0.2, 0) is 19.2 Å². The van der Waals surface area contributed by atoms with E-state index in [-0.39, 0.29) is 18.2 Å². The zero-order valence-electron chi connectivity index (χ0n) is 19.5. The van der Waals surface area contributed by atoms with Crippen molar-refractivity contribution in [2.24, 2.45) is 5.92 Å². The number of hydrogen-bond donors (Lipinski definition) is 5. The highest BCUT2D eigenvalue weighted by molar-refractivity contribution is 6.38. The maximum absolute atomic E-state index is 12.8. The predicted molar refractivity (Wildman–Crippen MR) is 124 cm³/mol. The highest BCUT2D eigenvalue weighted by Crippen LogP contribution is 2.18. The number of piperidine rings is 1. The summed E-state index contributed by atoms with van der Waals surface area (Å²) >= 11 is 0. The number of hydrogen-bond acceptors (Lipinski definition) is 6. The van der Waals surface area contributed by atoms with E-state index in [0.717, 1.165) is 6.42 Å². The quantitative estimate of drug-likeness (QED) is 0.346. The Morgan fingerprint density at radius 2 is 1.91 bits per heavy atom. The van der Waals surface area contributed by atoms with Gasteiger partial charge < -0.3 is 26.3 Å². The number of aromatic amines is 1. The Morgan fingerprint density at radius 3 is 2.59 bits per heavy atom. The zero-order chi connectivity index (χ0) is 24.9. The highest BCUT2D eigenvalue weighted by atomic mass is 16.2. The Morgan fingerprint density at radius 1 is 1.18 bits per heavy atom. The first kappa shape index (κ1) is 24.9. The van der Waals surface area contributed by atoms with Gasteiger partial charge in [0.15, 0.2) is 5.82 Å². The van der Waals surface area contributed by atoms with Crippen LogP contribution in [0.3, 0.4) is 0 Å². The molecule has 0 radical (unpaired) electrons. The average molecular weight is 471 g/mol. The number of rotatable bonds is 8. The third kappa shape index (κ3) is 6.63. The summed E-state index contributed by atoms with van der Waals surface area (Å²) in [5, 5.41) is 10.3. The Hall–Kier alpha value is -3.76. The first-order chi connectivity index (χ1) is 16.0. The predicted octanol–water partition coefficient (Wildman–Crippen LogP) is 0.178. The van der Waals surface area contributed by atoms with Crippen molar-refractivity contribution in [2.45, 2.75) is 51.6 Å². The summed E-state index contributed by atoms with van der Waals surface area (Å²) in [4.78, 5) is 69.5. The van der Waals surface area contributed by atoms with E-state index in [1.807, 2.05) is 0 Å². The van der Waals surface area contributed by atoms with E-state index in [1.54, 1.807) is 45.0 Å². The largest absolute Gasteiger partial charge is 0.356 e. The van der Waals surface area contributed by atoms with E-state index in [1.165, 1.54) is 0 Å². The van der Waals surface area contributed by atoms with Crippen molar-refractivity contribution in [3.63, 3.8) is 0 Å². The molecule has 34 heavy (non-hydrogen) atoms. The lowest BCUT2D eigenvalue weighted by molar-refractivity contribution is -0.141. The van der Waals surface area contributed by atoms with Crippen LogP contribution in [0.15, 0.2) is 24.3 Å². The van der Waals surface area contributed by atoms with Gasteiger partial charge in [-0.25, -0.2) is 4.98 Å². The Balaban J connectivity index is 1.64. The maximum atomic E-state index is 12.8. The summed E-state index contributed by atoms with van der Waals surface area (Å²) in [6.07, 6.45) is 1.29. The fraction of sp³-hybridized carbons (Fsp3) is 0.478.